The Hall–Kier alpha value is -2.16. The largest absolute Gasteiger partial charge is 0.399 e. The number of nitrogen functional groups attached to an aromatic ring is 2. The van der Waals surface area contributed by atoms with Crippen LogP contribution in [0.15, 0.2) is 42.5 Å². The molecule has 0 amide bonds. The van der Waals surface area contributed by atoms with E-state index in [0.717, 1.165) is 28.3 Å². The van der Waals surface area contributed by atoms with Gasteiger partial charge < -0.3 is 16.8 Å². The molecule has 0 unspecified atom stereocenters. The number of anilines is 4. The molecule has 0 atom stereocenters. The Bertz CT molecular complexity index is 506. The van der Waals surface area contributed by atoms with Crippen LogP contribution in [0.3, 0.4) is 0 Å². The first-order chi connectivity index (χ1) is 7.65. The summed E-state index contributed by atoms with van der Waals surface area (Å²) in [6.07, 6.45) is 0. The third kappa shape index (κ3) is 2.25. The zero-order chi connectivity index (χ0) is 11.5. The first kappa shape index (κ1) is 10.4. The lowest BCUT2D eigenvalue weighted by Crippen LogP contribution is -1.97. The van der Waals surface area contributed by atoms with Crippen molar-refractivity contribution in [1.82, 2.24) is 0 Å². The highest BCUT2D eigenvalue weighted by Crippen LogP contribution is 2.24. The third-order valence-corrected chi connectivity index (χ3v) is 2.37. The molecule has 2 aromatic carbocycles. The van der Waals surface area contributed by atoms with Gasteiger partial charge >= 0.3 is 0 Å². The highest BCUT2D eigenvalue weighted by molar-refractivity contribution is 5.74. The minimum atomic E-state index is 0.732. The van der Waals surface area contributed by atoms with E-state index in [1.54, 1.807) is 0 Å². The van der Waals surface area contributed by atoms with Crippen molar-refractivity contribution in [2.24, 2.45) is 0 Å². The van der Waals surface area contributed by atoms with Crippen LogP contribution in [0, 0.1) is 6.92 Å². The van der Waals surface area contributed by atoms with Gasteiger partial charge in [0.1, 0.15) is 0 Å². The Labute approximate surface area is 95.1 Å². The molecule has 16 heavy (non-hydrogen) atoms. The Kier molecular flexibility index (Phi) is 2.68. The van der Waals surface area contributed by atoms with E-state index in [0.29, 0.717) is 0 Å². The van der Waals surface area contributed by atoms with Gasteiger partial charge in [-0.05, 0) is 42.8 Å². The molecular weight excluding hydrogens is 198 g/mol. The number of benzene rings is 2. The molecule has 0 aliphatic carbocycles. The Morgan fingerprint density at radius 2 is 1.81 bits per heavy atom. The predicted molar refractivity (Wildman–Crippen MR) is 69.7 cm³/mol. The number of hydrogen-bond donors (Lipinski definition) is 3. The first-order valence-electron chi connectivity index (χ1n) is 5.14. The highest BCUT2D eigenvalue weighted by atomic mass is 14.9. The first-order valence-corrected chi connectivity index (χ1v) is 5.14. The monoisotopic (exact) mass is 213 g/mol. The van der Waals surface area contributed by atoms with Gasteiger partial charge in [-0.25, -0.2) is 0 Å². The third-order valence-electron chi connectivity index (χ3n) is 2.37. The predicted octanol–water partition coefficient (Wildman–Crippen LogP) is 2.90. The van der Waals surface area contributed by atoms with E-state index < -0.39 is 0 Å². The molecule has 0 heterocycles. The SMILES string of the molecule is Cc1ccc(Nc2cccc(N)c2)c(N)c1. The molecule has 0 radical (unpaired) electrons. The Balaban J connectivity index is 2.27. The van der Waals surface area contributed by atoms with Crippen molar-refractivity contribution >= 4 is 22.7 Å². The van der Waals surface area contributed by atoms with Gasteiger partial charge in [-0.2, -0.15) is 0 Å². The van der Waals surface area contributed by atoms with E-state index in [4.69, 9.17) is 11.5 Å². The minimum absolute atomic E-state index is 0.732. The lowest BCUT2D eigenvalue weighted by atomic mass is 10.2. The average molecular weight is 213 g/mol. The summed E-state index contributed by atoms with van der Waals surface area (Å²) >= 11 is 0. The summed E-state index contributed by atoms with van der Waals surface area (Å²) in [5.41, 5.74) is 16.1. The fourth-order valence-corrected chi connectivity index (χ4v) is 1.57. The maximum absolute atomic E-state index is 5.91. The lowest BCUT2D eigenvalue weighted by Gasteiger charge is -2.10. The van der Waals surface area contributed by atoms with Crippen molar-refractivity contribution in [3.05, 3.63) is 48.0 Å². The summed E-state index contributed by atoms with van der Waals surface area (Å²) in [5, 5.41) is 3.24. The van der Waals surface area contributed by atoms with Crippen LogP contribution >= 0.6 is 0 Å². The van der Waals surface area contributed by atoms with E-state index in [1.807, 2.05) is 49.4 Å². The average Bonchev–Trinajstić information content (AvgIpc) is 2.22. The van der Waals surface area contributed by atoms with Crippen LogP contribution in [0.25, 0.3) is 0 Å². The van der Waals surface area contributed by atoms with E-state index in [-0.39, 0.29) is 0 Å². The van der Waals surface area contributed by atoms with E-state index in [9.17, 15) is 0 Å². The van der Waals surface area contributed by atoms with E-state index >= 15 is 0 Å². The molecule has 5 N–H and O–H groups in total. The van der Waals surface area contributed by atoms with Gasteiger partial charge in [0.05, 0.1) is 11.4 Å². The van der Waals surface area contributed by atoms with Crippen molar-refractivity contribution in [3.8, 4) is 0 Å². The number of rotatable bonds is 2. The van der Waals surface area contributed by atoms with E-state index in [1.165, 1.54) is 0 Å². The fourth-order valence-electron chi connectivity index (χ4n) is 1.57. The summed E-state index contributed by atoms with van der Waals surface area (Å²) in [6.45, 7) is 2.01. The van der Waals surface area contributed by atoms with Crippen molar-refractivity contribution in [3.63, 3.8) is 0 Å². The summed E-state index contributed by atoms with van der Waals surface area (Å²) in [4.78, 5) is 0. The topological polar surface area (TPSA) is 64.1 Å². The summed E-state index contributed by atoms with van der Waals surface area (Å²) < 4.78 is 0. The molecule has 0 fully saturated rings. The summed E-state index contributed by atoms with van der Waals surface area (Å²) in [6, 6.07) is 13.5. The van der Waals surface area contributed by atoms with Gasteiger partial charge in [0, 0.05) is 11.4 Å². The maximum Gasteiger partial charge on any atom is 0.0618 e. The van der Waals surface area contributed by atoms with Crippen LogP contribution in [0.1, 0.15) is 5.56 Å². The van der Waals surface area contributed by atoms with Gasteiger partial charge in [0.2, 0.25) is 0 Å². The second-order valence-electron chi connectivity index (χ2n) is 3.84. The second-order valence-corrected chi connectivity index (χ2v) is 3.84. The quantitative estimate of drug-likeness (QED) is 0.672. The molecular formula is C13H15N3. The molecule has 0 saturated carbocycles. The number of hydrogen-bond acceptors (Lipinski definition) is 3. The number of nitrogens with one attached hydrogen (secondary N) is 1. The molecule has 3 nitrogen and oxygen atoms in total. The van der Waals surface area contributed by atoms with Gasteiger partial charge in [0.25, 0.3) is 0 Å². The van der Waals surface area contributed by atoms with Crippen LogP contribution in [0.5, 0.6) is 0 Å². The lowest BCUT2D eigenvalue weighted by molar-refractivity contribution is 1.45. The Morgan fingerprint density at radius 3 is 2.50 bits per heavy atom. The van der Waals surface area contributed by atoms with Crippen LogP contribution in [0.4, 0.5) is 22.7 Å². The standard InChI is InChI=1S/C13H15N3/c1-9-5-6-13(12(15)7-9)16-11-4-2-3-10(14)8-11/h2-8,16H,14-15H2,1H3. The summed E-state index contributed by atoms with van der Waals surface area (Å²) in [7, 11) is 0. The molecule has 82 valence electrons. The normalized spacial score (nSPS) is 10.1. The zero-order valence-corrected chi connectivity index (χ0v) is 9.20. The van der Waals surface area contributed by atoms with Crippen LogP contribution < -0.4 is 16.8 Å². The number of aryl methyl sites for hydroxylation is 1. The molecule has 0 aliphatic rings. The number of nitrogens with two attached hydrogens (primary N) is 2. The molecule has 0 bridgehead atoms. The molecule has 2 rings (SSSR count). The van der Waals surface area contributed by atoms with E-state index in [2.05, 4.69) is 5.32 Å². The van der Waals surface area contributed by atoms with Gasteiger partial charge in [-0.15, -0.1) is 0 Å². The minimum Gasteiger partial charge on any atom is -0.399 e. The Morgan fingerprint density at radius 1 is 1.00 bits per heavy atom. The smallest absolute Gasteiger partial charge is 0.0618 e. The second kappa shape index (κ2) is 4.14. The van der Waals surface area contributed by atoms with Crippen LogP contribution in [0.2, 0.25) is 0 Å². The zero-order valence-electron chi connectivity index (χ0n) is 9.20. The fraction of sp³-hybridized carbons (Fsp3) is 0.0769. The molecule has 3 heteroatoms. The van der Waals surface area contributed by atoms with Crippen molar-refractivity contribution in [1.29, 1.82) is 0 Å². The molecule has 0 saturated heterocycles. The van der Waals surface area contributed by atoms with Crippen molar-refractivity contribution in [2.45, 2.75) is 6.92 Å². The maximum atomic E-state index is 5.91. The van der Waals surface area contributed by atoms with Gasteiger partial charge in [0.15, 0.2) is 0 Å². The van der Waals surface area contributed by atoms with Crippen LogP contribution in [-0.4, -0.2) is 0 Å². The van der Waals surface area contributed by atoms with Crippen molar-refractivity contribution in [2.75, 3.05) is 16.8 Å². The highest BCUT2D eigenvalue weighted by Gasteiger charge is 1.99. The molecule has 0 aromatic heterocycles. The van der Waals surface area contributed by atoms with Gasteiger partial charge in [-0.3, -0.25) is 0 Å². The molecule has 2 aromatic rings. The van der Waals surface area contributed by atoms with Crippen LogP contribution in [-0.2, 0) is 0 Å². The molecule has 0 spiro atoms. The summed E-state index contributed by atoms with van der Waals surface area (Å²) in [5.74, 6) is 0. The molecule has 0 aliphatic heterocycles. The van der Waals surface area contributed by atoms with Crippen molar-refractivity contribution < 1.29 is 0 Å². The van der Waals surface area contributed by atoms with Gasteiger partial charge in [-0.1, -0.05) is 12.1 Å².